The van der Waals surface area contributed by atoms with Crippen LogP contribution in [0.3, 0.4) is 0 Å². The van der Waals surface area contributed by atoms with E-state index in [0.29, 0.717) is 5.92 Å². The van der Waals surface area contributed by atoms with Crippen LogP contribution in [0.1, 0.15) is 36.7 Å². The van der Waals surface area contributed by atoms with E-state index in [1.807, 2.05) is 6.20 Å². The normalized spacial score (nSPS) is 26.7. The lowest BCUT2D eigenvalue weighted by molar-refractivity contribution is 0.0817. The molecule has 1 aromatic rings. The second-order valence-corrected chi connectivity index (χ2v) is 4.79. The van der Waals surface area contributed by atoms with E-state index in [0.717, 1.165) is 45.4 Å². The lowest BCUT2D eigenvalue weighted by atomic mass is 9.98. The molecule has 0 spiro atoms. The molecule has 0 bridgehead atoms. The number of hydrogen-bond donors (Lipinski definition) is 1. The number of aliphatic hydroxyl groups is 1. The summed E-state index contributed by atoms with van der Waals surface area (Å²) < 4.78 is 7.69. The third kappa shape index (κ3) is 1.76. The van der Waals surface area contributed by atoms with E-state index >= 15 is 0 Å². The van der Waals surface area contributed by atoms with E-state index in [-0.39, 0.29) is 6.10 Å². The third-order valence-corrected chi connectivity index (χ3v) is 3.69. The number of rotatable bonds is 1. The molecule has 1 saturated heterocycles. The largest absolute Gasteiger partial charge is 0.393 e. The second kappa shape index (κ2) is 4.18. The Bertz CT molecular complexity index is 369. The molecule has 2 aliphatic heterocycles. The molecule has 16 heavy (non-hydrogen) atoms. The molecule has 0 radical (unpaired) electrons. The van der Waals surface area contributed by atoms with Crippen LogP contribution >= 0.6 is 0 Å². The first-order valence-electron chi connectivity index (χ1n) is 6.14. The molecule has 2 aliphatic rings. The monoisotopic (exact) mass is 222 g/mol. The standard InChI is InChI=1S/C12H18N2O2/c15-11-1-4-14-10(7-11)8-13-12(14)9-2-5-16-6-3-9/h8-9,11,15H,1-7H2. The lowest BCUT2D eigenvalue weighted by Crippen LogP contribution is -2.26. The van der Waals surface area contributed by atoms with Crippen molar-refractivity contribution in [2.45, 2.75) is 44.2 Å². The van der Waals surface area contributed by atoms with Gasteiger partial charge in [-0.15, -0.1) is 0 Å². The molecule has 1 fully saturated rings. The number of imidazole rings is 1. The van der Waals surface area contributed by atoms with Gasteiger partial charge in [0.25, 0.3) is 0 Å². The molecule has 1 N–H and O–H groups in total. The van der Waals surface area contributed by atoms with Gasteiger partial charge < -0.3 is 14.4 Å². The molecule has 1 aromatic heterocycles. The fraction of sp³-hybridized carbons (Fsp3) is 0.750. The summed E-state index contributed by atoms with van der Waals surface area (Å²) in [6, 6.07) is 0. The Morgan fingerprint density at radius 3 is 2.94 bits per heavy atom. The smallest absolute Gasteiger partial charge is 0.112 e. The highest BCUT2D eigenvalue weighted by Crippen LogP contribution is 2.28. The summed E-state index contributed by atoms with van der Waals surface area (Å²) in [7, 11) is 0. The van der Waals surface area contributed by atoms with Crippen molar-refractivity contribution in [3.8, 4) is 0 Å². The number of ether oxygens (including phenoxy) is 1. The zero-order chi connectivity index (χ0) is 11.0. The Kier molecular flexibility index (Phi) is 2.69. The molecular weight excluding hydrogens is 204 g/mol. The van der Waals surface area contributed by atoms with Crippen molar-refractivity contribution < 1.29 is 9.84 Å². The van der Waals surface area contributed by atoms with Crippen molar-refractivity contribution in [3.05, 3.63) is 17.7 Å². The van der Waals surface area contributed by atoms with Gasteiger partial charge in [-0.3, -0.25) is 0 Å². The van der Waals surface area contributed by atoms with Crippen LogP contribution in [0.4, 0.5) is 0 Å². The Hall–Kier alpha value is -0.870. The topological polar surface area (TPSA) is 47.3 Å². The predicted molar refractivity (Wildman–Crippen MR) is 59.3 cm³/mol. The summed E-state index contributed by atoms with van der Waals surface area (Å²) in [6.07, 6.45) is 5.55. The average Bonchev–Trinajstić information content (AvgIpc) is 2.73. The van der Waals surface area contributed by atoms with Crippen molar-refractivity contribution in [3.63, 3.8) is 0 Å². The second-order valence-electron chi connectivity index (χ2n) is 4.79. The van der Waals surface area contributed by atoms with Gasteiger partial charge in [-0.25, -0.2) is 4.98 Å². The molecule has 0 saturated carbocycles. The van der Waals surface area contributed by atoms with Crippen molar-refractivity contribution in [1.29, 1.82) is 0 Å². The van der Waals surface area contributed by atoms with E-state index in [1.54, 1.807) is 0 Å². The fourth-order valence-corrected chi connectivity index (χ4v) is 2.75. The van der Waals surface area contributed by atoms with Gasteiger partial charge in [-0.1, -0.05) is 0 Å². The minimum absolute atomic E-state index is 0.174. The molecule has 0 amide bonds. The van der Waals surface area contributed by atoms with E-state index in [2.05, 4.69) is 9.55 Å². The summed E-state index contributed by atoms with van der Waals surface area (Å²) >= 11 is 0. The summed E-state index contributed by atoms with van der Waals surface area (Å²) in [6.45, 7) is 2.63. The summed E-state index contributed by atoms with van der Waals surface area (Å²) in [5, 5.41) is 9.61. The van der Waals surface area contributed by atoms with E-state index in [9.17, 15) is 5.11 Å². The van der Waals surface area contributed by atoms with Gasteiger partial charge in [-0.05, 0) is 19.3 Å². The SMILES string of the molecule is OC1CCn2c(cnc2C2CCOCC2)C1. The van der Waals surface area contributed by atoms with Gasteiger partial charge in [-0.2, -0.15) is 0 Å². The number of nitrogens with zero attached hydrogens (tertiary/aromatic N) is 2. The highest BCUT2D eigenvalue weighted by Gasteiger charge is 2.25. The third-order valence-electron chi connectivity index (χ3n) is 3.69. The van der Waals surface area contributed by atoms with Crippen LogP contribution in [0.15, 0.2) is 6.20 Å². The Morgan fingerprint density at radius 1 is 1.31 bits per heavy atom. The quantitative estimate of drug-likeness (QED) is 0.773. The molecular formula is C12H18N2O2. The maximum absolute atomic E-state index is 9.61. The summed E-state index contributed by atoms with van der Waals surface area (Å²) in [5.74, 6) is 1.77. The molecule has 0 aliphatic carbocycles. The average molecular weight is 222 g/mol. The zero-order valence-corrected chi connectivity index (χ0v) is 9.43. The Labute approximate surface area is 95.3 Å². The first-order valence-corrected chi connectivity index (χ1v) is 6.14. The number of hydrogen-bond acceptors (Lipinski definition) is 3. The zero-order valence-electron chi connectivity index (χ0n) is 9.43. The molecule has 0 aromatic carbocycles. The number of fused-ring (bicyclic) bond motifs is 1. The maximum atomic E-state index is 9.61. The molecule has 3 heterocycles. The van der Waals surface area contributed by atoms with Crippen LogP contribution in [0.5, 0.6) is 0 Å². The molecule has 4 heteroatoms. The van der Waals surface area contributed by atoms with Crippen LogP contribution in [0.25, 0.3) is 0 Å². The lowest BCUT2D eigenvalue weighted by Gasteiger charge is -2.26. The van der Waals surface area contributed by atoms with Gasteiger partial charge in [0.2, 0.25) is 0 Å². The predicted octanol–water partition coefficient (Wildman–Crippen LogP) is 1.08. The van der Waals surface area contributed by atoms with Crippen LogP contribution in [0.2, 0.25) is 0 Å². The fourth-order valence-electron chi connectivity index (χ4n) is 2.75. The van der Waals surface area contributed by atoms with Crippen LogP contribution < -0.4 is 0 Å². The van der Waals surface area contributed by atoms with E-state index in [4.69, 9.17) is 4.74 Å². The molecule has 3 rings (SSSR count). The van der Waals surface area contributed by atoms with Crippen molar-refractivity contribution in [2.75, 3.05) is 13.2 Å². The van der Waals surface area contributed by atoms with Gasteiger partial charge in [0.15, 0.2) is 0 Å². The minimum atomic E-state index is -0.174. The minimum Gasteiger partial charge on any atom is -0.393 e. The van der Waals surface area contributed by atoms with Crippen LogP contribution in [-0.4, -0.2) is 34.0 Å². The maximum Gasteiger partial charge on any atom is 0.112 e. The van der Waals surface area contributed by atoms with E-state index in [1.165, 1.54) is 11.5 Å². The molecule has 4 nitrogen and oxygen atoms in total. The van der Waals surface area contributed by atoms with Crippen molar-refractivity contribution in [1.82, 2.24) is 9.55 Å². The van der Waals surface area contributed by atoms with Gasteiger partial charge >= 0.3 is 0 Å². The number of aliphatic hydroxyl groups excluding tert-OH is 1. The first-order chi connectivity index (χ1) is 7.84. The van der Waals surface area contributed by atoms with Crippen LogP contribution in [-0.2, 0) is 17.7 Å². The first kappa shape index (κ1) is 10.3. The summed E-state index contributed by atoms with van der Waals surface area (Å²) in [5.41, 5.74) is 1.19. The van der Waals surface area contributed by atoms with Crippen LogP contribution in [0, 0.1) is 0 Å². The van der Waals surface area contributed by atoms with Crippen molar-refractivity contribution in [2.24, 2.45) is 0 Å². The van der Waals surface area contributed by atoms with E-state index < -0.39 is 0 Å². The van der Waals surface area contributed by atoms with Gasteiger partial charge in [0, 0.05) is 44.0 Å². The number of aromatic nitrogens is 2. The van der Waals surface area contributed by atoms with Crippen molar-refractivity contribution >= 4 is 0 Å². The highest BCUT2D eigenvalue weighted by molar-refractivity contribution is 5.13. The molecule has 88 valence electrons. The molecule has 1 atom stereocenters. The van der Waals surface area contributed by atoms with Gasteiger partial charge in [0.05, 0.1) is 6.10 Å². The highest BCUT2D eigenvalue weighted by atomic mass is 16.5. The summed E-state index contributed by atoms with van der Waals surface area (Å²) in [4.78, 5) is 4.55. The Morgan fingerprint density at radius 2 is 2.12 bits per heavy atom. The Balaban J connectivity index is 1.85. The molecule has 1 unspecified atom stereocenters. The van der Waals surface area contributed by atoms with Gasteiger partial charge in [0.1, 0.15) is 5.82 Å².